The molecule has 1 aromatic carbocycles. The molecule has 0 saturated heterocycles. The maximum Gasteiger partial charge on any atom is 0.336 e. The van der Waals surface area contributed by atoms with Crippen LogP contribution in [0.5, 0.6) is 5.75 Å². The van der Waals surface area contributed by atoms with E-state index in [1.165, 1.54) is 10.6 Å². The molecule has 0 amide bonds. The number of pyridine rings is 1. The number of ether oxygens (including phenoxy) is 1. The zero-order chi connectivity index (χ0) is 15.9. The number of hydrogen-bond acceptors (Lipinski definition) is 5. The highest BCUT2D eigenvalue weighted by Gasteiger charge is 2.18. The molecule has 3 rings (SSSR count). The third-order valence-electron chi connectivity index (χ3n) is 3.36. The molecule has 0 fully saturated rings. The number of rotatable bonds is 3. The second-order valence-corrected chi connectivity index (χ2v) is 4.88. The smallest absolute Gasteiger partial charge is 0.336 e. The van der Waals surface area contributed by atoms with Crippen molar-refractivity contribution in [3.63, 3.8) is 0 Å². The zero-order valence-electron chi connectivity index (χ0n) is 12.1. The van der Waals surface area contributed by atoms with Gasteiger partial charge in [-0.1, -0.05) is 11.6 Å². The molecule has 3 aromatic rings. The van der Waals surface area contributed by atoms with Gasteiger partial charge in [-0.05, 0) is 25.1 Å². The molecule has 0 saturated carbocycles. The molecule has 0 atom stereocenters. The molecule has 7 heteroatoms. The van der Waals surface area contributed by atoms with Gasteiger partial charge in [-0.2, -0.15) is 4.98 Å². The number of nitrogens with zero attached hydrogens (tertiary/aromatic N) is 3. The number of hydrogen-bond donors (Lipinski definition) is 2. The summed E-state index contributed by atoms with van der Waals surface area (Å²) in [7, 11) is 1.54. The van der Waals surface area contributed by atoms with Crippen LogP contribution in [0.15, 0.2) is 30.5 Å². The van der Waals surface area contributed by atoms with Crippen molar-refractivity contribution in [2.45, 2.75) is 6.92 Å². The Morgan fingerprint density at radius 1 is 1.32 bits per heavy atom. The summed E-state index contributed by atoms with van der Waals surface area (Å²) in [5.41, 5.74) is 8.22. The fourth-order valence-electron chi connectivity index (χ4n) is 2.37. The summed E-state index contributed by atoms with van der Waals surface area (Å²) in [5, 5.41) is 13.5. The molecule has 0 spiro atoms. The number of benzene rings is 1. The molecule has 7 nitrogen and oxygen atoms in total. The van der Waals surface area contributed by atoms with Crippen molar-refractivity contribution in [1.29, 1.82) is 0 Å². The van der Waals surface area contributed by atoms with Crippen molar-refractivity contribution < 1.29 is 14.6 Å². The minimum atomic E-state index is -1.05. The average Bonchev–Trinajstić information content (AvgIpc) is 2.84. The minimum Gasteiger partial charge on any atom is -0.496 e. The number of aromatic carboxylic acids is 1. The molecule has 0 aliphatic carbocycles. The van der Waals surface area contributed by atoms with Gasteiger partial charge in [-0.25, -0.2) is 9.31 Å². The lowest BCUT2D eigenvalue weighted by Gasteiger charge is -2.12. The molecule has 0 bridgehead atoms. The molecule has 0 radical (unpaired) electrons. The molecule has 0 aliphatic rings. The molecular formula is C15H14N4O3. The standard InChI is InChI=1S/C15H14N4O3/c1-8-3-4-12(22-2)9(5-8)11-7-19-13(17-15(16)18-19)6-10(11)14(20)21/h3-7H,1-2H3,(H2,16,18)(H,20,21). The van der Waals surface area contributed by atoms with Crippen LogP contribution in [0.2, 0.25) is 0 Å². The Kier molecular flexibility index (Phi) is 3.17. The normalized spacial score (nSPS) is 10.8. The number of carboxylic acids is 1. The van der Waals surface area contributed by atoms with Crippen LogP contribution in [0.1, 0.15) is 15.9 Å². The largest absolute Gasteiger partial charge is 0.496 e. The van der Waals surface area contributed by atoms with Crippen LogP contribution in [0.3, 0.4) is 0 Å². The summed E-state index contributed by atoms with van der Waals surface area (Å²) in [4.78, 5) is 15.6. The Hall–Kier alpha value is -3.09. The number of nitrogen functional groups attached to an aromatic ring is 1. The van der Waals surface area contributed by atoms with E-state index in [1.807, 2.05) is 19.1 Å². The van der Waals surface area contributed by atoms with Gasteiger partial charge < -0.3 is 15.6 Å². The lowest BCUT2D eigenvalue weighted by atomic mass is 9.99. The number of nitrogens with two attached hydrogens (primary N) is 1. The van der Waals surface area contributed by atoms with Gasteiger partial charge in [0.1, 0.15) is 5.75 Å². The maximum atomic E-state index is 11.6. The lowest BCUT2D eigenvalue weighted by molar-refractivity contribution is 0.0697. The van der Waals surface area contributed by atoms with E-state index in [9.17, 15) is 9.90 Å². The zero-order valence-corrected chi connectivity index (χ0v) is 12.1. The molecule has 2 aromatic heterocycles. The van der Waals surface area contributed by atoms with Crippen LogP contribution in [0.4, 0.5) is 5.95 Å². The fourth-order valence-corrected chi connectivity index (χ4v) is 2.37. The van der Waals surface area contributed by atoms with Gasteiger partial charge in [0.05, 0.1) is 12.7 Å². The lowest BCUT2D eigenvalue weighted by Crippen LogP contribution is -2.03. The van der Waals surface area contributed by atoms with Gasteiger partial charge in [-0.15, -0.1) is 5.10 Å². The van der Waals surface area contributed by atoms with E-state index in [1.54, 1.807) is 19.4 Å². The predicted octanol–water partition coefficient (Wildman–Crippen LogP) is 1.99. The number of anilines is 1. The van der Waals surface area contributed by atoms with Crippen molar-refractivity contribution in [2.24, 2.45) is 0 Å². The fraction of sp³-hybridized carbons (Fsp3) is 0.133. The topological polar surface area (TPSA) is 103 Å². The molecular weight excluding hydrogens is 284 g/mol. The first kappa shape index (κ1) is 13.9. The third kappa shape index (κ3) is 2.22. The van der Waals surface area contributed by atoms with Crippen LogP contribution < -0.4 is 10.5 Å². The Balaban J connectivity index is 2.35. The van der Waals surface area contributed by atoms with Gasteiger partial charge in [-0.3, -0.25) is 0 Å². The van der Waals surface area contributed by atoms with E-state index in [2.05, 4.69) is 10.1 Å². The Labute approximate surface area is 126 Å². The van der Waals surface area contributed by atoms with E-state index < -0.39 is 5.97 Å². The monoisotopic (exact) mass is 298 g/mol. The molecule has 3 N–H and O–H groups in total. The predicted molar refractivity (Wildman–Crippen MR) is 81.1 cm³/mol. The van der Waals surface area contributed by atoms with Crippen molar-refractivity contribution in [1.82, 2.24) is 14.6 Å². The van der Waals surface area contributed by atoms with Crippen LogP contribution in [-0.2, 0) is 0 Å². The highest BCUT2D eigenvalue weighted by atomic mass is 16.5. The van der Waals surface area contributed by atoms with Gasteiger partial charge in [0.15, 0.2) is 5.65 Å². The Morgan fingerprint density at radius 2 is 2.09 bits per heavy atom. The SMILES string of the molecule is COc1ccc(C)cc1-c1cn2nc(N)nc2cc1C(=O)O. The highest BCUT2D eigenvalue weighted by molar-refractivity contribution is 5.98. The first-order chi connectivity index (χ1) is 10.5. The van der Waals surface area contributed by atoms with E-state index in [0.717, 1.165) is 5.56 Å². The van der Waals surface area contributed by atoms with E-state index in [-0.39, 0.29) is 11.5 Å². The molecule has 2 heterocycles. The Bertz CT molecular complexity index is 886. The van der Waals surface area contributed by atoms with Gasteiger partial charge in [0.2, 0.25) is 5.95 Å². The summed E-state index contributed by atoms with van der Waals surface area (Å²) in [6.07, 6.45) is 1.60. The first-order valence-corrected chi connectivity index (χ1v) is 6.54. The summed E-state index contributed by atoms with van der Waals surface area (Å²) in [6, 6.07) is 7.01. The minimum absolute atomic E-state index is 0.0877. The van der Waals surface area contributed by atoms with Crippen molar-refractivity contribution >= 4 is 17.6 Å². The van der Waals surface area contributed by atoms with Crippen LogP contribution in [0, 0.1) is 6.92 Å². The van der Waals surface area contributed by atoms with Crippen molar-refractivity contribution in [3.05, 3.63) is 41.6 Å². The summed E-state index contributed by atoms with van der Waals surface area (Å²) in [5.74, 6) is -0.382. The van der Waals surface area contributed by atoms with E-state index in [4.69, 9.17) is 10.5 Å². The number of aromatic nitrogens is 3. The summed E-state index contributed by atoms with van der Waals surface area (Å²) < 4.78 is 6.80. The number of methoxy groups -OCH3 is 1. The van der Waals surface area contributed by atoms with Crippen molar-refractivity contribution in [3.8, 4) is 16.9 Å². The van der Waals surface area contributed by atoms with Gasteiger partial charge >= 0.3 is 5.97 Å². The molecule has 0 unspecified atom stereocenters. The average molecular weight is 298 g/mol. The maximum absolute atomic E-state index is 11.6. The highest BCUT2D eigenvalue weighted by Crippen LogP contribution is 2.33. The third-order valence-corrected chi connectivity index (χ3v) is 3.36. The van der Waals surface area contributed by atoms with E-state index >= 15 is 0 Å². The van der Waals surface area contributed by atoms with E-state index in [0.29, 0.717) is 22.5 Å². The van der Waals surface area contributed by atoms with Crippen molar-refractivity contribution in [2.75, 3.05) is 12.8 Å². The molecule has 22 heavy (non-hydrogen) atoms. The second kappa shape index (κ2) is 5.03. The number of aryl methyl sites for hydroxylation is 1. The number of carboxylic acid groups (broad SMARTS) is 1. The van der Waals surface area contributed by atoms with Crippen LogP contribution in [0.25, 0.3) is 16.8 Å². The first-order valence-electron chi connectivity index (χ1n) is 6.54. The van der Waals surface area contributed by atoms with Crippen LogP contribution in [-0.4, -0.2) is 32.8 Å². The number of fused-ring (bicyclic) bond motifs is 1. The van der Waals surface area contributed by atoms with Gasteiger partial charge in [0, 0.05) is 17.3 Å². The van der Waals surface area contributed by atoms with Crippen LogP contribution >= 0.6 is 0 Å². The quantitative estimate of drug-likeness (QED) is 0.766. The van der Waals surface area contributed by atoms with Gasteiger partial charge in [0.25, 0.3) is 0 Å². The summed E-state index contributed by atoms with van der Waals surface area (Å²) >= 11 is 0. The second-order valence-electron chi connectivity index (χ2n) is 4.88. The molecule has 112 valence electrons. The molecule has 0 aliphatic heterocycles. The Morgan fingerprint density at radius 3 is 2.77 bits per heavy atom. The number of carbonyl (C=O) groups is 1. The summed E-state index contributed by atoms with van der Waals surface area (Å²) in [6.45, 7) is 1.93.